The number of nitrogens with zero attached hydrogens (tertiary/aromatic N) is 1. The number of ether oxygens (including phenoxy) is 2. The summed E-state index contributed by atoms with van der Waals surface area (Å²) in [7, 11) is 0. The van der Waals surface area contributed by atoms with Crippen molar-refractivity contribution in [3.05, 3.63) is 33.9 Å². The third-order valence-corrected chi connectivity index (χ3v) is 3.02. The van der Waals surface area contributed by atoms with Gasteiger partial charge in [0, 0.05) is 18.2 Å². The van der Waals surface area contributed by atoms with Crippen molar-refractivity contribution in [3.63, 3.8) is 0 Å². The van der Waals surface area contributed by atoms with Crippen LogP contribution in [-0.4, -0.2) is 30.5 Å². The molecule has 0 radical (unpaired) electrons. The summed E-state index contributed by atoms with van der Waals surface area (Å²) in [6, 6.07) is 4.06. The number of nitro groups is 1. The Balaban J connectivity index is 2.08. The SMILES string of the molecule is O=Cc1ccc([N+](=O)[O-])c(OCC2CCCCO2)c1. The molecule has 0 aromatic heterocycles. The molecule has 1 aliphatic rings. The molecule has 0 amide bonds. The van der Waals surface area contributed by atoms with Crippen LogP contribution in [0, 0.1) is 10.1 Å². The number of aldehydes is 1. The zero-order valence-electron chi connectivity index (χ0n) is 10.4. The van der Waals surface area contributed by atoms with Gasteiger partial charge in [-0.25, -0.2) is 0 Å². The van der Waals surface area contributed by atoms with E-state index in [2.05, 4.69) is 0 Å². The monoisotopic (exact) mass is 265 g/mol. The van der Waals surface area contributed by atoms with Crippen molar-refractivity contribution in [1.29, 1.82) is 0 Å². The summed E-state index contributed by atoms with van der Waals surface area (Å²) in [4.78, 5) is 21.1. The maximum absolute atomic E-state index is 10.9. The number of nitro benzene ring substituents is 1. The molecule has 2 rings (SSSR count). The van der Waals surface area contributed by atoms with E-state index >= 15 is 0 Å². The summed E-state index contributed by atoms with van der Waals surface area (Å²) in [5.74, 6) is 0.115. The van der Waals surface area contributed by atoms with Crippen molar-refractivity contribution < 1.29 is 19.2 Å². The highest BCUT2D eigenvalue weighted by molar-refractivity contribution is 5.76. The predicted molar refractivity (Wildman–Crippen MR) is 67.6 cm³/mol. The molecule has 1 aromatic rings. The Hall–Kier alpha value is -1.95. The minimum absolute atomic E-state index is 0.0340. The summed E-state index contributed by atoms with van der Waals surface area (Å²) in [5.41, 5.74) is 0.214. The molecule has 0 bridgehead atoms. The fourth-order valence-corrected chi connectivity index (χ4v) is 1.99. The van der Waals surface area contributed by atoms with Gasteiger partial charge >= 0.3 is 5.69 Å². The highest BCUT2D eigenvalue weighted by Crippen LogP contribution is 2.28. The van der Waals surface area contributed by atoms with Crippen molar-refractivity contribution in [1.82, 2.24) is 0 Å². The van der Waals surface area contributed by atoms with Gasteiger partial charge in [0.15, 0.2) is 5.75 Å². The van der Waals surface area contributed by atoms with Gasteiger partial charge in [-0.2, -0.15) is 0 Å². The van der Waals surface area contributed by atoms with Gasteiger partial charge in [0.1, 0.15) is 12.9 Å². The van der Waals surface area contributed by atoms with E-state index in [1.165, 1.54) is 18.2 Å². The van der Waals surface area contributed by atoms with Crippen LogP contribution in [-0.2, 0) is 4.74 Å². The highest BCUT2D eigenvalue weighted by atomic mass is 16.6. The molecule has 0 spiro atoms. The third-order valence-electron chi connectivity index (χ3n) is 3.02. The lowest BCUT2D eigenvalue weighted by Gasteiger charge is -2.22. The average Bonchev–Trinajstić information content (AvgIpc) is 2.45. The standard InChI is InChI=1S/C13H15NO5/c15-8-10-4-5-12(14(16)17)13(7-10)19-9-11-3-1-2-6-18-11/h4-5,7-8,11H,1-3,6,9H2. The van der Waals surface area contributed by atoms with E-state index in [0.717, 1.165) is 19.3 Å². The van der Waals surface area contributed by atoms with Gasteiger partial charge in [0.2, 0.25) is 0 Å². The van der Waals surface area contributed by atoms with Crippen LogP contribution < -0.4 is 4.74 Å². The van der Waals surface area contributed by atoms with E-state index in [4.69, 9.17) is 9.47 Å². The van der Waals surface area contributed by atoms with Crippen LogP contribution in [0.15, 0.2) is 18.2 Å². The summed E-state index contributed by atoms with van der Waals surface area (Å²) in [5, 5.41) is 10.9. The van der Waals surface area contributed by atoms with Crippen LogP contribution in [0.5, 0.6) is 5.75 Å². The Kier molecular flexibility index (Phi) is 4.46. The number of hydrogen-bond acceptors (Lipinski definition) is 5. The quantitative estimate of drug-likeness (QED) is 0.464. The smallest absolute Gasteiger partial charge is 0.310 e. The molecule has 1 fully saturated rings. The van der Waals surface area contributed by atoms with Crippen LogP contribution >= 0.6 is 0 Å². The van der Waals surface area contributed by atoms with Gasteiger partial charge in [0.05, 0.1) is 11.0 Å². The largest absolute Gasteiger partial charge is 0.484 e. The Bertz CT molecular complexity index is 468. The molecule has 102 valence electrons. The zero-order valence-corrected chi connectivity index (χ0v) is 10.4. The molecule has 1 aromatic carbocycles. The molecule has 0 N–H and O–H groups in total. The van der Waals surface area contributed by atoms with Crippen molar-refractivity contribution >= 4 is 12.0 Å². The van der Waals surface area contributed by atoms with E-state index in [1.807, 2.05) is 0 Å². The van der Waals surface area contributed by atoms with Gasteiger partial charge in [0.25, 0.3) is 0 Å². The van der Waals surface area contributed by atoms with Crippen molar-refractivity contribution in [2.45, 2.75) is 25.4 Å². The first-order chi connectivity index (χ1) is 9.20. The lowest BCUT2D eigenvalue weighted by molar-refractivity contribution is -0.385. The van der Waals surface area contributed by atoms with Crippen LogP contribution in [0.4, 0.5) is 5.69 Å². The molecule has 1 heterocycles. The topological polar surface area (TPSA) is 78.7 Å². The summed E-state index contributed by atoms with van der Waals surface area (Å²) in [6.07, 6.45) is 3.60. The molecule has 1 atom stereocenters. The zero-order chi connectivity index (χ0) is 13.7. The van der Waals surface area contributed by atoms with Crippen LogP contribution in [0.1, 0.15) is 29.6 Å². The second-order valence-electron chi connectivity index (χ2n) is 4.40. The van der Waals surface area contributed by atoms with Crippen molar-refractivity contribution in [3.8, 4) is 5.75 Å². The molecule has 0 aliphatic carbocycles. The Morgan fingerprint density at radius 3 is 2.95 bits per heavy atom. The second-order valence-corrected chi connectivity index (χ2v) is 4.40. The molecular formula is C13H15NO5. The molecule has 6 nitrogen and oxygen atoms in total. The summed E-state index contributed by atoms with van der Waals surface area (Å²) >= 11 is 0. The van der Waals surface area contributed by atoms with Crippen molar-refractivity contribution in [2.75, 3.05) is 13.2 Å². The lowest BCUT2D eigenvalue weighted by atomic mass is 10.1. The Morgan fingerprint density at radius 1 is 1.47 bits per heavy atom. The number of benzene rings is 1. The van der Waals surface area contributed by atoms with E-state index < -0.39 is 4.92 Å². The summed E-state index contributed by atoms with van der Waals surface area (Å²) in [6.45, 7) is 0.966. The molecule has 19 heavy (non-hydrogen) atoms. The molecular weight excluding hydrogens is 250 g/mol. The fourth-order valence-electron chi connectivity index (χ4n) is 1.99. The number of hydrogen-bond donors (Lipinski definition) is 0. The first-order valence-electron chi connectivity index (χ1n) is 6.18. The van der Waals surface area contributed by atoms with Gasteiger partial charge in [-0.05, 0) is 31.4 Å². The number of carbonyl (C=O) groups excluding carboxylic acids is 1. The first-order valence-corrected chi connectivity index (χ1v) is 6.18. The molecule has 1 unspecified atom stereocenters. The Labute approximate surface area is 110 Å². The molecule has 0 saturated carbocycles. The van der Waals surface area contributed by atoms with Gasteiger partial charge < -0.3 is 9.47 Å². The highest BCUT2D eigenvalue weighted by Gasteiger charge is 2.19. The van der Waals surface area contributed by atoms with Crippen molar-refractivity contribution in [2.24, 2.45) is 0 Å². The third kappa shape index (κ3) is 3.51. The molecule has 1 aliphatic heterocycles. The Morgan fingerprint density at radius 2 is 2.32 bits per heavy atom. The minimum Gasteiger partial charge on any atom is -0.484 e. The summed E-state index contributed by atoms with van der Waals surface area (Å²) < 4.78 is 10.9. The molecule has 6 heteroatoms. The van der Waals surface area contributed by atoms with Gasteiger partial charge in [-0.3, -0.25) is 14.9 Å². The van der Waals surface area contributed by atoms with Crippen LogP contribution in [0.2, 0.25) is 0 Å². The van der Waals surface area contributed by atoms with Crippen LogP contribution in [0.3, 0.4) is 0 Å². The lowest BCUT2D eigenvalue weighted by Crippen LogP contribution is -2.26. The van der Waals surface area contributed by atoms with E-state index in [1.54, 1.807) is 0 Å². The maximum Gasteiger partial charge on any atom is 0.310 e. The van der Waals surface area contributed by atoms with Gasteiger partial charge in [-0.15, -0.1) is 0 Å². The van der Waals surface area contributed by atoms with E-state index in [9.17, 15) is 14.9 Å². The van der Waals surface area contributed by atoms with E-state index in [-0.39, 0.29) is 24.1 Å². The number of rotatable bonds is 5. The second kappa shape index (κ2) is 6.29. The average molecular weight is 265 g/mol. The maximum atomic E-state index is 10.9. The van der Waals surface area contributed by atoms with Gasteiger partial charge in [-0.1, -0.05) is 0 Å². The first kappa shape index (κ1) is 13.5. The normalized spacial score (nSPS) is 18.8. The fraction of sp³-hybridized carbons (Fsp3) is 0.462. The molecule has 1 saturated heterocycles. The van der Waals surface area contributed by atoms with E-state index in [0.29, 0.717) is 18.5 Å². The minimum atomic E-state index is -0.522. The number of carbonyl (C=O) groups is 1. The predicted octanol–water partition coefficient (Wildman–Crippen LogP) is 2.36. The van der Waals surface area contributed by atoms with Crippen LogP contribution in [0.25, 0.3) is 0 Å².